The van der Waals surface area contributed by atoms with E-state index in [1.807, 2.05) is 42.3 Å². The van der Waals surface area contributed by atoms with Gasteiger partial charge in [-0.2, -0.15) is 0 Å². The highest BCUT2D eigenvalue weighted by molar-refractivity contribution is 5.92. The van der Waals surface area contributed by atoms with E-state index in [-0.39, 0.29) is 5.91 Å². The van der Waals surface area contributed by atoms with Crippen molar-refractivity contribution in [3.05, 3.63) is 42.2 Å². The van der Waals surface area contributed by atoms with Crippen LogP contribution < -0.4 is 5.32 Å². The lowest BCUT2D eigenvalue weighted by Gasteiger charge is -2.31. The minimum Gasteiger partial charge on any atom is -0.350 e. The molecule has 0 saturated carbocycles. The SMILES string of the molecule is CNC1CCN(C(=O)c2cc(-c3ccccc3)no2)CC1. The Morgan fingerprint density at radius 2 is 2.00 bits per heavy atom. The summed E-state index contributed by atoms with van der Waals surface area (Å²) in [5, 5.41) is 7.25. The highest BCUT2D eigenvalue weighted by atomic mass is 16.5. The number of likely N-dealkylation sites (tertiary alicyclic amines) is 1. The largest absolute Gasteiger partial charge is 0.350 e. The van der Waals surface area contributed by atoms with Crippen LogP contribution in [0, 0.1) is 0 Å². The minimum absolute atomic E-state index is 0.0702. The van der Waals surface area contributed by atoms with Crippen LogP contribution in [0.15, 0.2) is 40.9 Å². The number of nitrogens with zero attached hydrogens (tertiary/aromatic N) is 2. The Morgan fingerprint density at radius 1 is 1.29 bits per heavy atom. The Hall–Kier alpha value is -2.14. The second-order valence-electron chi connectivity index (χ2n) is 5.30. The fourth-order valence-corrected chi connectivity index (χ4v) is 2.65. The molecule has 0 bridgehead atoms. The summed E-state index contributed by atoms with van der Waals surface area (Å²) in [5.41, 5.74) is 1.65. The third-order valence-electron chi connectivity index (χ3n) is 3.98. The van der Waals surface area contributed by atoms with E-state index in [0.29, 0.717) is 17.5 Å². The number of carbonyl (C=O) groups excluding carboxylic acids is 1. The molecule has 2 aromatic rings. The molecule has 1 aromatic heterocycles. The summed E-state index contributed by atoms with van der Waals surface area (Å²) in [6, 6.07) is 11.9. The Bertz CT molecular complexity index is 601. The Morgan fingerprint density at radius 3 is 2.67 bits per heavy atom. The fraction of sp³-hybridized carbons (Fsp3) is 0.375. The van der Waals surface area contributed by atoms with Gasteiger partial charge in [0.05, 0.1) is 0 Å². The predicted octanol–water partition coefficient (Wildman–Crippen LogP) is 2.17. The van der Waals surface area contributed by atoms with Crippen molar-refractivity contribution in [2.45, 2.75) is 18.9 Å². The van der Waals surface area contributed by atoms with Crippen molar-refractivity contribution in [1.82, 2.24) is 15.4 Å². The first kappa shape index (κ1) is 13.8. The summed E-state index contributed by atoms with van der Waals surface area (Å²) in [7, 11) is 1.96. The minimum atomic E-state index is -0.0702. The molecule has 5 heteroatoms. The average Bonchev–Trinajstić information content (AvgIpc) is 3.05. The molecule has 1 aromatic carbocycles. The first-order valence-corrected chi connectivity index (χ1v) is 7.26. The van der Waals surface area contributed by atoms with E-state index >= 15 is 0 Å². The molecule has 0 aliphatic carbocycles. The molecule has 1 aliphatic heterocycles. The van der Waals surface area contributed by atoms with Crippen molar-refractivity contribution in [2.75, 3.05) is 20.1 Å². The fourth-order valence-electron chi connectivity index (χ4n) is 2.65. The molecule has 3 rings (SSSR count). The number of piperidine rings is 1. The van der Waals surface area contributed by atoms with Crippen LogP contribution >= 0.6 is 0 Å². The third kappa shape index (κ3) is 2.97. The van der Waals surface area contributed by atoms with Crippen LogP contribution in [-0.2, 0) is 0 Å². The number of aromatic nitrogens is 1. The lowest BCUT2D eigenvalue weighted by Crippen LogP contribution is -2.43. The van der Waals surface area contributed by atoms with E-state index in [0.717, 1.165) is 31.5 Å². The summed E-state index contributed by atoms with van der Waals surface area (Å²) in [4.78, 5) is 14.2. The monoisotopic (exact) mass is 285 g/mol. The van der Waals surface area contributed by atoms with Gasteiger partial charge in [0.25, 0.3) is 5.91 Å². The second-order valence-corrected chi connectivity index (χ2v) is 5.30. The molecule has 110 valence electrons. The second kappa shape index (κ2) is 6.10. The molecule has 0 spiro atoms. The first-order chi connectivity index (χ1) is 10.3. The van der Waals surface area contributed by atoms with Crippen molar-refractivity contribution in [3.8, 4) is 11.3 Å². The zero-order valence-electron chi connectivity index (χ0n) is 12.1. The molecule has 1 fully saturated rings. The van der Waals surface area contributed by atoms with Crippen molar-refractivity contribution in [1.29, 1.82) is 0 Å². The van der Waals surface area contributed by atoms with E-state index in [9.17, 15) is 4.79 Å². The highest BCUT2D eigenvalue weighted by Gasteiger charge is 2.25. The van der Waals surface area contributed by atoms with Crippen molar-refractivity contribution < 1.29 is 9.32 Å². The van der Waals surface area contributed by atoms with Crippen LogP contribution in [-0.4, -0.2) is 42.1 Å². The van der Waals surface area contributed by atoms with Gasteiger partial charge >= 0.3 is 0 Å². The van der Waals surface area contributed by atoms with Crippen LogP contribution in [0.5, 0.6) is 0 Å². The van der Waals surface area contributed by atoms with E-state index in [2.05, 4.69) is 10.5 Å². The summed E-state index contributed by atoms with van der Waals surface area (Å²) >= 11 is 0. The maximum Gasteiger partial charge on any atom is 0.292 e. The summed E-state index contributed by atoms with van der Waals surface area (Å²) in [6.45, 7) is 1.51. The van der Waals surface area contributed by atoms with E-state index < -0.39 is 0 Å². The van der Waals surface area contributed by atoms with Crippen molar-refractivity contribution >= 4 is 5.91 Å². The first-order valence-electron chi connectivity index (χ1n) is 7.26. The maximum absolute atomic E-state index is 12.4. The number of hydrogen-bond donors (Lipinski definition) is 1. The van der Waals surface area contributed by atoms with Gasteiger partial charge in [0.15, 0.2) is 0 Å². The Balaban J connectivity index is 1.70. The molecule has 5 nitrogen and oxygen atoms in total. The number of nitrogens with one attached hydrogen (secondary N) is 1. The normalized spacial score (nSPS) is 16.1. The number of carbonyl (C=O) groups is 1. The van der Waals surface area contributed by atoms with Gasteiger partial charge in [0.1, 0.15) is 5.69 Å². The molecule has 1 aliphatic rings. The van der Waals surface area contributed by atoms with Gasteiger partial charge in [0.2, 0.25) is 5.76 Å². The summed E-state index contributed by atoms with van der Waals surface area (Å²) in [6.07, 6.45) is 1.95. The summed E-state index contributed by atoms with van der Waals surface area (Å²) < 4.78 is 5.23. The van der Waals surface area contributed by atoms with Gasteiger partial charge < -0.3 is 14.7 Å². The Kier molecular flexibility index (Phi) is 4.01. The van der Waals surface area contributed by atoms with Gasteiger partial charge in [-0.3, -0.25) is 4.79 Å². The number of benzene rings is 1. The predicted molar refractivity (Wildman–Crippen MR) is 79.9 cm³/mol. The average molecular weight is 285 g/mol. The Labute approximate surface area is 123 Å². The van der Waals surface area contributed by atoms with E-state index in [1.165, 1.54) is 0 Å². The molecule has 1 saturated heterocycles. The smallest absolute Gasteiger partial charge is 0.292 e. The van der Waals surface area contributed by atoms with Crippen LogP contribution in [0.3, 0.4) is 0 Å². The lowest BCUT2D eigenvalue weighted by molar-refractivity contribution is 0.0665. The zero-order chi connectivity index (χ0) is 14.7. The lowest BCUT2D eigenvalue weighted by atomic mass is 10.1. The standard InChI is InChI=1S/C16H19N3O2/c1-17-13-7-9-19(10-8-13)16(20)15-11-14(18-21-15)12-5-3-2-4-6-12/h2-6,11,13,17H,7-10H2,1H3. The molecule has 2 heterocycles. The molecule has 0 unspecified atom stereocenters. The van der Waals surface area contributed by atoms with Crippen molar-refractivity contribution in [3.63, 3.8) is 0 Å². The number of rotatable bonds is 3. The zero-order valence-corrected chi connectivity index (χ0v) is 12.1. The van der Waals surface area contributed by atoms with E-state index in [1.54, 1.807) is 6.07 Å². The van der Waals surface area contributed by atoms with Crippen molar-refractivity contribution in [2.24, 2.45) is 0 Å². The molecule has 1 N–H and O–H groups in total. The quantitative estimate of drug-likeness (QED) is 0.939. The number of amides is 1. The van der Waals surface area contributed by atoms with Gasteiger partial charge in [-0.15, -0.1) is 0 Å². The molecule has 0 atom stereocenters. The molecule has 21 heavy (non-hydrogen) atoms. The van der Waals surface area contributed by atoms with Gasteiger partial charge in [0, 0.05) is 30.8 Å². The summed E-state index contributed by atoms with van der Waals surface area (Å²) in [5.74, 6) is 0.246. The third-order valence-corrected chi connectivity index (χ3v) is 3.98. The van der Waals surface area contributed by atoms with Crippen LogP contribution in [0.1, 0.15) is 23.4 Å². The van der Waals surface area contributed by atoms with Crippen LogP contribution in [0.2, 0.25) is 0 Å². The molecule has 1 amide bonds. The number of hydrogen-bond acceptors (Lipinski definition) is 4. The molecule has 0 radical (unpaired) electrons. The highest BCUT2D eigenvalue weighted by Crippen LogP contribution is 2.20. The van der Waals surface area contributed by atoms with Crippen LogP contribution in [0.4, 0.5) is 0 Å². The van der Waals surface area contributed by atoms with Gasteiger partial charge in [-0.1, -0.05) is 35.5 Å². The van der Waals surface area contributed by atoms with E-state index in [4.69, 9.17) is 4.52 Å². The molecular weight excluding hydrogens is 266 g/mol. The van der Waals surface area contributed by atoms with Gasteiger partial charge in [-0.25, -0.2) is 0 Å². The topological polar surface area (TPSA) is 58.4 Å². The maximum atomic E-state index is 12.4. The van der Waals surface area contributed by atoms with Gasteiger partial charge in [-0.05, 0) is 19.9 Å². The molecular formula is C16H19N3O2. The van der Waals surface area contributed by atoms with Crippen LogP contribution in [0.25, 0.3) is 11.3 Å².